The lowest BCUT2D eigenvalue weighted by Gasteiger charge is -2.36. The van der Waals surface area contributed by atoms with Crippen molar-refractivity contribution in [2.24, 2.45) is 11.8 Å². The van der Waals surface area contributed by atoms with Gasteiger partial charge in [0.25, 0.3) is 0 Å². The molecule has 1 aromatic heterocycles. The van der Waals surface area contributed by atoms with Crippen molar-refractivity contribution in [2.75, 3.05) is 29.9 Å². The summed E-state index contributed by atoms with van der Waals surface area (Å²) in [6.45, 7) is 10.1. The van der Waals surface area contributed by atoms with Gasteiger partial charge in [0.1, 0.15) is 17.5 Å². The molecule has 1 N–H and O–H groups in total. The average Bonchev–Trinajstić information content (AvgIpc) is 3.28. The van der Waals surface area contributed by atoms with Crippen LogP contribution < -0.4 is 10.2 Å². The maximum absolute atomic E-state index is 4.87. The number of nitrogens with zero attached hydrogens (tertiary/aromatic N) is 3. The summed E-state index contributed by atoms with van der Waals surface area (Å²) in [7, 11) is 0. The summed E-state index contributed by atoms with van der Waals surface area (Å²) < 4.78 is 0. The predicted octanol–water partition coefficient (Wildman–Crippen LogP) is 3.66. The molecule has 21 heavy (non-hydrogen) atoms. The molecular weight excluding hydrogens is 260 g/mol. The number of hydrogen-bond donors (Lipinski definition) is 1. The van der Waals surface area contributed by atoms with Crippen molar-refractivity contribution in [2.45, 2.75) is 52.4 Å². The quantitative estimate of drug-likeness (QED) is 0.897. The molecule has 0 radical (unpaired) electrons. The van der Waals surface area contributed by atoms with E-state index >= 15 is 0 Å². The lowest BCUT2D eigenvalue weighted by atomic mass is 9.92. The first-order valence-corrected chi connectivity index (χ1v) is 8.53. The highest BCUT2D eigenvalue weighted by Gasteiger charge is 2.29. The van der Waals surface area contributed by atoms with Gasteiger partial charge in [0.15, 0.2) is 0 Å². The lowest BCUT2D eigenvalue weighted by molar-refractivity contribution is 0.355. The Labute approximate surface area is 128 Å². The maximum Gasteiger partial charge on any atom is 0.136 e. The van der Waals surface area contributed by atoms with Gasteiger partial charge in [-0.3, -0.25) is 0 Å². The highest BCUT2D eigenvalue weighted by atomic mass is 15.2. The first-order valence-electron chi connectivity index (χ1n) is 8.53. The molecule has 1 aliphatic carbocycles. The summed E-state index contributed by atoms with van der Waals surface area (Å²) in [5.41, 5.74) is 0. The Kier molecular flexibility index (Phi) is 4.32. The molecule has 0 aromatic carbocycles. The minimum Gasteiger partial charge on any atom is -0.370 e. The van der Waals surface area contributed by atoms with Crippen LogP contribution in [0.5, 0.6) is 0 Å². The predicted molar refractivity (Wildman–Crippen MR) is 87.9 cm³/mol. The van der Waals surface area contributed by atoms with Crippen molar-refractivity contribution in [3.8, 4) is 0 Å². The minimum absolute atomic E-state index is 0.603. The summed E-state index contributed by atoms with van der Waals surface area (Å²) in [4.78, 5) is 12.0. The van der Waals surface area contributed by atoms with Gasteiger partial charge < -0.3 is 10.2 Å². The fourth-order valence-corrected chi connectivity index (χ4v) is 3.33. The second kappa shape index (κ2) is 6.20. The van der Waals surface area contributed by atoms with Gasteiger partial charge >= 0.3 is 0 Å². The van der Waals surface area contributed by atoms with Crippen LogP contribution in [0.25, 0.3) is 0 Å². The molecule has 1 saturated carbocycles. The van der Waals surface area contributed by atoms with E-state index < -0.39 is 0 Å². The van der Waals surface area contributed by atoms with Crippen LogP contribution in [-0.2, 0) is 0 Å². The van der Waals surface area contributed by atoms with E-state index in [1.165, 1.54) is 19.3 Å². The number of rotatable bonds is 5. The van der Waals surface area contributed by atoms with Crippen molar-refractivity contribution in [1.29, 1.82) is 0 Å². The maximum atomic E-state index is 4.87. The SMILES string of the molecule is CCCNc1cc(N2CC(C)CC(C)C2)nc(C2CC2)n1. The second-order valence-electron chi connectivity index (χ2n) is 7.02. The highest BCUT2D eigenvalue weighted by Crippen LogP contribution is 2.39. The number of aromatic nitrogens is 2. The summed E-state index contributed by atoms with van der Waals surface area (Å²) >= 11 is 0. The number of anilines is 2. The summed E-state index contributed by atoms with van der Waals surface area (Å²) in [5.74, 6) is 5.29. The Morgan fingerprint density at radius 2 is 1.90 bits per heavy atom. The van der Waals surface area contributed by atoms with Crippen LogP contribution >= 0.6 is 0 Å². The fraction of sp³-hybridized carbons (Fsp3) is 0.765. The van der Waals surface area contributed by atoms with Crippen LogP contribution in [-0.4, -0.2) is 29.6 Å². The molecule has 1 aliphatic heterocycles. The van der Waals surface area contributed by atoms with E-state index in [9.17, 15) is 0 Å². The first kappa shape index (κ1) is 14.6. The summed E-state index contributed by atoms with van der Waals surface area (Å²) in [6, 6.07) is 2.15. The zero-order valence-electron chi connectivity index (χ0n) is 13.6. The van der Waals surface area contributed by atoms with E-state index in [1.54, 1.807) is 0 Å². The van der Waals surface area contributed by atoms with Crippen LogP contribution in [0, 0.1) is 11.8 Å². The van der Waals surface area contributed by atoms with Crippen LogP contribution in [0.15, 0.2) is 6.07 Å². The zero-order chi connectivity index (χ0) is 14.8. The molecule has 1 saturated heterocycles. The lowest BCUT2D eigenvalue weighted by Crippen LogP contribution is -2.39. The standard InChI is InChI=1S/C17H28N4/c1-4-7-18-15-9-16(20-17(19-15)14-5-6-14)21-10-12(2)8-13(3)11-21/h9,12-14H,4-8,10-11H2,1-3H3,(H,18,19,20). The third kappa shape index (κ3) is 3.66. The van der Waals surface area contributed by atoms with Crippen molar-refractivity contribution in [3.05, 3.63) is 11.9 Å². The second-order valence-corrected chi connectivity index (χ2v) is 7.02. The van der Waals surface area contributed by atoms with Crippen LogP contribution in [0.3, 0.4) is 0 Å². The topological polar surface area (TPSA) is 41.0 Å². The molecule has 2 unspecified atom stereocenters. The number of hydrogen-bond acceptors (Lipinski definition) is 4. The van der Waals surface area contributed by atoms with Gasteiger partial charge in [0, 0.05) is 31.6 Å². The molecule has 2 aliphatic rings. The molecule has 3 rings (SSSR count). The van der Waals surface area contributed by atoms with Crippen LogP contribution in [0.1, 0.15) is 58.2 Å². The fourth-order valence-electron chi connectivity index (χ4n) is 3.33. The van der Waals surface area contributed by atoms with Crippen molar-refractivity contribution < 1.29 is 0 Å². The Morgan fingerprint density at radius 1 is 1.19 bits per heavy atom. The van der Waals surface area contributed by atoms with Crippen LogP contribution in [0.4, 0.5) is 11.6 Å². The van der Waals surface area contributed by atoms with Gasteiger partial charge in [-0.1, -0.05) is 20.8 Å². The third-order valence-electron chi connectivity index (χ3n) is 4.42. The molecule has 0 amide bonds. The monoisotopic (exact) mass is 288 g/mol. The molecule has 0 spiro atoms. The van der Waals surface area contributed by atoms with Gasteiger partial charge in [-0.05, 0) is 37.5 Å². The minimum atomic E-state index is 0.603. The van der Waals surface area contributed by atoms with Crippen molar-refractivity contribution >= 4 is 11.6 Å². The molecule has 4 nitrogen and oxygen atoms in total. The van der Waals surface area contributed by atoms with E-state index in [0.717, 1.165) is 55.4 Å². The summed E-state index contributed by atoms with van der Waals surface area (Å²) in [5, 5.41) is 3.44. The normalized spacial score (nSPS) is 26.0. The Balaban J connectivity index is 1.83. The van der Waals surface area contributed by atoms with E-state index in [4.69, 9.17) is 9.97 Å². The van der Waals surface area contributed by atoms with E-state index in [2.05, 4.69) is 37.1 Å². The van der Waals surface area contributed by atoms with E-state index in [0.29, 0.717) is 5.92 Å². The molecule has 0 bridgehead atoms. The Bertz CT molecular complexity index is 474. The third-order valence-corrected chi connectivity index (χ3v) is 4.42. The molecule has 2 fully saturated rings. The molecule has 2 atom stereocenters. The number of nitrogens with one attached hydrogen (secondary N) is 1. The molecule has 1 aromatic rings. The first-order chi connectivity index (χ1) is 10.2. The number of piperidine rings is 1. The van der Waals surface area contributed by atoms with Crippen LogP contribution in [0.2, 0.25) is 0 Å². The van der Waals surface area contributed by atoms with E-state index in [-0.39, 0.29) is 0 Å². The average molecular weight is 288 g/mol. The molecule has 2 heterocycles. The van der Waals surface area contributed by atoms with Gasteiger partial charge in [-0.15, -0.1) is 0 Å². The van der Waals surface area contributed by atoms with E-state index in [1.807, 2.05) is 0 Å². The summed E-state index contributed by atoms with van der Waals surface area (Å²) in [6.07, 6.45) is 4.96. The zero-order valence-corrected chi connectivity index (χ0v) is 13.6. The molecule has 116 valence electrons. The molecule has 4 heteroatoms. The highest BCUT2D eigenvalue weighted by molar-refractivity contribution is 5.50. The Morgan fingerprint density at radius 3 is 2.52 bits per heavy atom. The smallest absolute Gasteiger partial charge is 0.136 e. The van der Waals surface area contributed by atoms with Gasteiger partial charge in [-0.25, -0.2) is 9.97 Å². The Hall–Kier alpha value is -1.32. The molecular formula is C17H28N4. The van der Waals surface area contributed by atoms with Crippen molar-refractivity contribution in [3.63, 3.8) is 0 Å². The van der Waals surface area contributed by atoms with Gasteiger partial charge in [0.05, 0.1) is 0 Å². The van der Waals surface area contributed by atoms with Gasteiger partial charge in [-0.2, -0.15) is 0 Å². The van der Waals surface area contributed by atoms with Gasteiger partial charge in [0.2, 0.25) is 0 Å². The largest absolute Gasteiger partial charge is 0.370 e. The van der Waals surface area contributed by atoms with Crippen molar-refractivity contribution in [1.82, 2.24) is 9.97 Å².